The monoisotopic (exact) mass is 434 g/mol. The van der Waals surface area contributed by atoms with Gasteiger partial charge in [0.25, 0.3) is 0 Å². The minimum atomic E-state index is -3.63. The van der Waals surface area contributed by atoms with Crippen molar-refractivity contribution in [2.24, 2.45) is 0 Å². The number of rotatable bonds is 11. The lowest BCUT2D eigenvalue weighted by Gasteiger charge is -2.22. The highest BCUT2D eigenvalue weighted by Crippen LogP contribution is 2.24. The Hall–Kier alpha value is -2.74. The number of nitrogens with zero attached hydrogens (tertiary/aromatic N) is 1. The van der Waals surface area contributed by atoms with Crippen LogP contribution in [-0.4, -0.2) is 46.9 Å². The third-order valence-corrected chi connectivity index (χ3v) is 5.43. The normalized spacial score (nSPS) is 11.2. The Balaban J connectivity index is 1.92. The molecule has 0 aliphatic heterocycles. The van der Waals surface area contributed by atoms with E-state index >= 15 is 0 Å². The van der Waals surface area contributed by atoms with E-state index in [2.05, 4.69) is 5.32 Å². The molecule has 7 nitrogen and oxygen atoms in total. The van der Waals surface area contributed by atoms with Gasteiger partial charge in [-0.1, -0.05) is 18.2 Å². The zero-order valence-corrected chi connectivity index (χ0v) is 18.7. The number of carbonyl (C=O) groups excluding carboxylic acids is 1. The summed E-state index contributed by atoms with van der Waals surface area (Å²) >= 11 is 0. The van der Waals surface area contributed by atoms with Gasteiger partial charge in [-0.15, -0.1) is 0 Å². The van der Waals surface area contributed by atoms with Gasteiger partial charge < -0.3 is 14.8 Å². The first kappa shape index (κ1) is 23.5. The molecule has 0 aromatic heterocycles. The number of nitrogens with one attached hydrogen (secondary N) is 1. The van der Waals surface area contributed by atoms with Gasteiger partial charge in [-0.25, -0.2) is 8.42 Å². The molecular weight excluding hydrogens is 404 g/mol. The maximum atomic E-state index is 12.4. The summed E-state index contributed by atoms with van der Waals surface area (Å²) in [5.41, 5.74) is 1.54. The average molecular weight is 435 g/mol. The lowest BCUT2D eigenvalue weighted by molar-refractivity contribution is -0.119. The third kappa shape index (κ3) is 7.59. The van der Waals surface area contributed by atoms with Crippen LogP contribution < -0.4 is 19.1 Å². The smallest absolute Gasteiger partial charge is 0.240 e. The van der Waals surface area contributed by atoms with Crippen LogP contribution in [-0.2, 0) is 21.2 Å². The van der Waals surface area contributed by atoms with Gasteiger partial charge in [-0.3, -0.25) is 9.10 Å². The summed E-state index contributed by atoms with van der Waals surface area (Å²) in [4.78, 5) is 12.4. The maximum absolute atomic E-state index is 12.4. The molecule has 2 rings (SSSR count). The minimum absolute atomic E-state index is 0.0408. The van der Waals surface area contributed by atoms with Crippen molar-refractivity contribution in [3.8, 4) is 11.5 Å². The molecule has 0 atom stereocenters. The first-order valence-corrected chi connectivity index (χ1v) is 11.7. The van der Waals surface area contributed by atoms with E-state index < -0.39 is 10.0 Å². The van der Waals surface area contributed by atoms with Crippen LogP contribution in [0.25, 0.3) is 0 Å². The van der Waals surface area contributed by atoms with Crippen LogP contribution in [0.2, 0.25) is 0 Å². The van der Waals surface area contributed by atoms with Crippen molar-refractivity contribution in [1.82, 2.24) is 5.32 Å². The second kappa shape index (κ2) is 10.9. The fraction of sp³-hybridized carbons (Fsp3) is 0.409. The Morgan fingerprint density at radius 1 is 1.10 bits per heavy atom. The van der Waals surface area contributed by atoms with E-state index in [0.717, 1.165) is 34.7 Å². The summed E-state index contributed by atoms with van der Waals surface area (Å²) in [6.07, 6.45) is 2.59. The molecule has 0 aliphatic carbocycles. The molecule has 8 heteroatoms. The van der Waals surface area contributed by atoms with Crippen molar-refractivity contribution < 1.29 is 22.7 Å². The molecular formula is C22H30N2O5S. The second-order valence-corrected chi connectivity index (χ2v) is 9.14. The van der Waals surface area contributed by atoms with Crippen LogP contribution in [0.15, 0.2) is 48.5 Å². The zero-order valence-electron chi connectivity index (χ0n) is 17.9. The Bertz CT molecular complexity index is 927. The molecule has 0 spiro atoms. The number of aryl methyl sites for hydroxylation is 1. The van der Waals surface area contributed by atoms with Crippen LogP contribution in [0.1, 0.15) is 25.8 Å². The fourth-order valence-electron chi connectivity index (χ4n) is 2.88. The fourth-order valence-corrected chi connectivity index (χ4v) is 3.73. The molecule has 164 valence electrons. The summed E-state index contributed by atoms with van der Waals surface area (Å²) in [7, 11) is -2.01. The number of sulfonamides is 1. The van der Waals surface area contributed by atoms with Crippen molar-refractivity contribution in [2.45, 2.75) is 32.8 Å². The second-order valence-electron chi connectivity index (χ2n) is 7.24. The van der Waals surface area contributed by atoms with E-state index in [1.807, 2.05) is 38.1 Å². The van der Waals surface area contributed by atoms with Gasteiger partial charge in [0.2, 0.25) is 15.9 Å². The third-order valence-electron chi connectivity index (χ3n) is 4.29. The molecule has 0 unspecified atom stereocenters. The molecule has 0 radical (unpaired) electrons. The quantitative estimate of drug-likeness (QED) is 0.550. The molecule has 30 heavy (non-hydrogen) atoms. The van der Waals surface area contributed by atoms with E-state index in [1.165, 1.54) is 0 Å². The molecule has 2 aromatic carbocycles. The topological polar surface area (TPSA) is 84.9 Å². The van der Waals surface area contributed by atoms with Crippen molar-refractivity contribution >= 4 is 21.6 Å². The lowest BCUT2D eigenvalue weighted by atomic mass is 10.1. The largest absolute Gasteiger partial charge is 0.497 e. The van der Waals surface area contributed by atoms with Gasteiger partial charge in [-0.2, -0.15) is 0 Å². The Morgan fingerprint density at radius 3 is 2.40 bits per heavy atom. The van der Waals surface area contributed by atoms with Gasteiger partial charge >= 0.3 is 0 Å². The molecule has 0 aliphatic rings. The lowest BCUT2D eigenvalue weighted by Crippen LogP contribution is -2.40. The number of methoxy groups -OCH3 is 1. The first-order chi connectivity index (χ1) is 14.2. The number of hydrogen-bond acceptors (Lipinski definition) is 5. The van der Waals surface area contributed by atoms with Gasteiger partial charge in [0, 0.05) is 12.6 Å². The van der Waals surface area contributed by atoms with Crippen LogP contribution in [0.5, 0.6) is 11.5 Å². The van der Waals surface area contributed by atoms with Crippen LogP contribution in [0.4, 0.5) is 5.69 Å². The van der Waals surface area contributed by atoms with E-state index in [-0.39, 0.29) is 18.6 Å². The number of amides is 1. The van der Waals surface area contributed by atoms with Gasteiger partial charge in [0.05, 0.1) is 25.2 Å². The molecule has 1 N–H and O–H groups in total. The van der Waals surface area contributed by atoms with E-state index in [1.54, 1.807) is 31.4 Å². The summed E-state index contributed by atoms with van der Waals surface area (Å²) in [5.74, 6) is 0.997. The molecule has 1 amide bonds. The summed E-state index contributed by atoms with van der Waals surface area (Å²) < 4.78 is 36.4. The van der Waals surface area contributed by atoms with E-state index in [4.69, 9.17) is 9.47 Å². The highest BCUT2D eigenvalue weighted by molar-refractivity contribution is 7.92. The van der Waals surface area contributed by atoms with Gasteiger partial charge in [0.1, 0.15) is 18.0 Å². The highest BCUT2D eigenvalue weighted by Gasteiger charge is 2.21. The van der Waals surface area contributed by atoms with Crippen molar-refractivity contribution in [1.29, 1.82) is 0 Å². The molecule has 0 fully saturated rings. The maximum Gasteiger partial charge on any atom is 0.240 e. The molecule has 0 heterocycles. The highest BCUT2D eigenvalue weighted by atomic mass is 32.2. The van der Waals surface area contributed by atoms with Gasteiger partial charge in [-0.05, 0) is 56.5 Å². The van der Waals surface area contributed by atoms with E-state index in [0.29, 0.717) is 18.0 Å². The van der Waals surface area contributed by atoms with Crippen LogP contribution in [0.3, 0.4) is 0 Å². The summed E-state index contributed by atoms with van der Waals surface area (Å²) in [6.45, 7) is 3.95. The average Bonchev–Trinajstić information content (AvgIpc) is 2.68. The Morgan fingerprint density at radius 2 is 1.80 bits per heavy atom. The van der Waals surface area contributed by atoms with Crippen LogP contribution >= 0.6 is 0 Å². The standard InChI is InChI=1S/C22H30N2O5S/c1-17(2)29-21-9-5-8-19(15-21)24(30(4,26)27)16-22(25)23-14-6-7-18-10-12-20(28-3)13-11-18/h5,8-13,15,17H,6-7,14,16H2,1-4H3,(H,23,25). The molecule has 2 aromatic rings. The van der Waals surface area contributed by atoms with E-state index in [9.17, 15) is 13.2 Å². The molecule has 0 saturated carbocycles. The Labute approximate surface area is 179 Å². The number of carbonyl (C=O) groups is 1. The molecule has 0 saturated heterocycles. The SMILES string of the molecule is COc1ccc(CCCNC(=O)CN(c2cccc(OC(C)C)c2)S(C)(=O)=O)cc1. The summed E-state index contributed by atoms with van der Waals surface area (Å²) in [6, 6.07) is 14.5. The predicted molar refractivity (Wildman–Crippen MR) is 119 cm³/mol. The first-order valence-electron chi connectivity index (χ1n) is 9.83. The van der Waals surface area contributed by atoms with Crippen molar-refractivity contribution in [3.05, 3.63) is 54.1 Å². The van der Waals surface area contributed by atoms with Gasteiger partial charge in [0.15, 0.2) is 0 Å². The van der Waals surface area contributed by atoms with Crippen LogP contribution in [0, 0.1) is 0 Å². The van der Waals surface area contributed by atoms with Crippen molar-refractivity contribution in [3.63, 3.8) is 0 Å². The number of anilines is 1. The number of benzene rings is 2. The zero-order chi connectivity index (χ0) is 22.1. The molecule has 0 bridgehead atoms. The predicted octanol–water partition coefficient (Wildman–Crippen LogP) is 3.00. The minimum Gasteiger partial charge on any atom is -0.497 e. The number of ether oxygens (including phenoxy) is 2. The summed E-state index contributed by atoms with van der Waals surface area (Å²) in [5, 5.41) is 2.79. The van der Waals surface area contributed by atoms with Crippen molar-refractivity contribution in [2.75, 3.05) is 30.8 Å². The Kier molecular flexibility index (Phi) is 8.53. The number of hydrogen-bond donors (Lipinski definition) is 1.